The Kier molecular flexibility index (Phi) is 8.59. The van der Waals surface area contributed by atoms with Crippen molar-refractivity contribution in [1.29, 1.82) is 0 Å². The van der Waals surface area contributed by atoms with E-state index in [4.69, 9.17) is 14.2 Å². The van der Waals surface area contributed by atoms with Gasteiger partial charge in [0, 0.05) is 0 Å². The third kappa shape index (κ3) is 6.66. The number of rotatable bonds is 11. The molecule has 0 heterocycles. The van der Waals surface area contributed by atoms with Gasteiger partial charge in [0.15, 0.2) is 0 Å². The minimum Gasteiger partial charge on any atom is -0.497 e. The van der Waals surface area contributed by atoms with E-state index in [2.05, 4.69) is 5.32 Å². The molecule has 1 N–H and O–H groups in total. The van der Waals surface area contributed by atoms with Crippen LogP contribution in [0.3, 0.4) is 0 Å². The predicted molar refractivity (Wildman–Crippen MR) is 135 cm³/mol. The molecule has 0 saturated carbocycles. The van der Waals surface area contributed by atoms with Crippen molar-refractivity contribution in [3.63, 3.8) is 0 Å². The van der Waals surface area contributed by atoms with Gasteiger partial charge in [0.2, 0.25) is 5.91 Å². The second-order valence-corrected chi connectivity index (χ2v) is 9.74. The first kappa shape index (κ1) is 25.9. The Morgan fingerprint density at radius 1 is 0.886 bits per heavy atom. The Bertz CT molecular complexity index is 1240. The van der Waals surface area contributed by atoms with Gasteiger partial charge in [-0.25, -0.2) is 8.42 Å². The number of nitrogens with zero attached hydrogens (tertiary/aromatic N) is 1. The summed E-state index contributed by atoms with van der Waals surface area (Å²) in [5.41, 5.74) is 2.42. The minimum absolute atomic E-state index is 0.0233. The van der Waals surface area contributed by atoms with Gasteiger partial charge in [-0.05, 0) is 73.5 Å². The standard InChI is InChI=1S/C26H30N2O6S/c1-19-15-20(2)17-22(16-19)34-14-13-27-26(29)18-28(24-7-5-6-8-25(24)33-4)35(30,31)23-11-9-21(32-3)10-12-23/h5-12,15-17H,13-14,18H2,1-4H3,(H,27,29). The molecule has 186 valence electrons. The van der Waals surface area contributed by atoms with Gasteiger partial charge in [0.1, 0.15) is 30.4 Å². The summed E-state index contributed by atoms with van der Waals surface area (Å²) >= 11 is 0. The van der Waals surface area contributed by atoms with Gasteiger partial charge in [-0.3, -0.25) is 9.10 Å². The Hall–Kier alpha value is -3.72. The van der Waals surface area contributed by atoms with Gasteiger partial charge in [-0.15, -0.1) is 0 Å². The van der Waals surface area contributed by atoms with E-state index in [1.54, 1.807) is 36.4 Å². The van der Waals surface area contributed by atoms with Gasteiger partial charge in [0.25, 0.3) is 10.0 Å². The first-order chi connectivity index (χ1) is 16.7. The Morgan fingerprint density at radius 2 is 1.54 bits per heavy atom. The van der Waals surface area contributed by atoms with Gasteiger partial charge in [0.05, 0.1) is 31.3 Å². The van der Waals surface area contributed by atoms with E-state index in [0.29, 0.717) is 11.5 Å². The second kappa shape index (κ2) is 11.6. The number of benzene rings is 3. The zero-order valence-corrected chi connectivity index (χ0v) is 21.1. The Morgan fingerprint density at radius 3 is 2.17 bits per heavy atom. The van der Waals surface area contributed by atoms with Crippen molar-refractivity contribution in [3.05, 3.63) is 77.9 Å². The van der Waals surface area contributed by atoms with Gasteiger partial charge < -0.3 is 19.5 Å². The van der Waals surface area contributed by atoms with Crippen LogP contribution in [0, 0.1) is 13.8 Å². The zero-order chi connectivity index (χ0) is 25.4. The molecule has 0 spiro atoms. The summed E-state index contributed by atoms with van der Waals surface area (Å²) in [5, 5.41) is 2.73. The number of carbonyl (C=O) groups is 1. The number of methoxy groups -OCH3 is 2. The number of hydrogen-bond acceptors (Lipinski definition) is 6. The van der Waals surface area contributed by atoms with E-state index in [0.717, 1.165) is 21.2 Å². The van der Waals surface area contributed by atoms with Crippen molar-refractivity contribution in [1.82, 2.24) is 5.32 Å². The highest BCUT2D eigenvalue weighted by Crippen LogP contribution is 2.32. The topological polar surface area (TPSA) is 94.2 Å². The van der Waals surface area contributed by atoms with E-state index in [-0.39, 0.29) is 23.7 Å². The molecule has 0 aliphatic heterocycles. The normalized spacial score (nSPS) is 11.0. The average Bonchev–Trinajstić information content (AvgIpc) is 2.84. The molecule has 0 fully saturated rings. The molecule has 9 heteroatoms. The molecule has 0 radical (unpaired) electrons. The zero-order valence-electron chi connectivity index (χ0n) is 20.3. The summed E-state index contributed by atoms with van der Waals surface area (Å²) in [6, 6.07) is 18.5. The van der Waals surface area contributed by atoms with Crippen LogP contribution < -0.4 is 23.8 Å². The molecule has 0 aromatic heterocycles. The van der Waals surface area contributed by atoms with Crippen molar-refractivity contribution in [3.8, 4) is 17.2 Å². The fourth-order valence-corrected chi connectivity index (χ4v) is 5.00. The summed E-state index contributed by atoms with van der Waals surface area (Å²) in [7, 11) is -1.14. The van der Waals surface area contributed by atoms with Crippen molar-refractivity contribution < 1.29 is 27.4 Å². The lowest BCUT2D eigenvalue weighted by Crippen LogP contribution is -2.42. The van der Waals surface area contributed by atoms with Gasteiger partial charge in [-0.2, -0.15) is 0 Å². The van der Waals surface area contributed by atoms with E-state index < -0.39 is 22.5 Å². The van der Waals surface area contributed by atoms with Gasteiger partial charge in [-0.1, -0.05) is 18.2 Å². The van der Waals surface area contributed by atoms with Crippen LogP contribution in [0.1, 0.15) is 11.1 Å². The van der Waals surface area contributed by atoms with Crippen LogP contribution in [0.4, 0.5) is 5.69 Å². The highest BCUT2D eigenvalue weighted by molar-refractivity contribution is 7.92. The molecule has 0 aliphatic rings. The molecule has 0 atom stereocenters. The van der Waals surface area contributed by atoms with E-state index in [1.165, 1.54) is 26.4 Å². The van der Waals surface area contributed by atoms with E-state index in [9.17, 15) is 13.2 Å². The van der Waals surface area contributed by atoms with E-state index in [1.807, 2.05) is 32.0 Å². The smallest absolute Gasteiger partial charge is 0.264 e. The lowest BCUT2D eigenvalue weighted by molar-refractivity contribution is -0.119. The summed E-state index contributed by atoms with van der Waals surface area (Å²) in [6.07, 6.45) is 0. The number of para-hydroxylation sites is 2. The second-order valence-electron chi connectivity index (χ2n) is 7.88. The maximum absolute atomic E-state index is 13.5. The predicted octanol–water partition coefficient (Wildman–Crippen LogP) is 3.71. The average molecular weight is 499 g/mol. The summed E-state index contributed by atoms with van der Waals surface area (Å²) in [6.45, 7) is 4.00. The molecule has 0 unspecified atom stereocenters. The molecule has 1 amide bonds. The van der Waals surface area contributed by atoms with Crippen LogP contribution in [-0.2, 0) is 14.8 Å². The number of carbonyl (C=O) groups excluding carboxylic acids is 1. The van der Waals surface area contributed by atoms with Crippen molar-refractivity contribution in [2.24, 2.45) is 0 Å². The number of sulfonamides is 1. The van der Waals surface area contributed by atoms with Crippen LogP contribution >= 0.6 is 0 Å². The minimum atomic E-state index is -4.08. The third-order valence-electron chi connectivity index (χ3n) is 5.18. The SMILES string of the molecule is COc1ccc(S(=O)(=O)N(CC(=O)NCCOc2cc(C)cc(C)c2)c2ccccc2OC)cc1. The number of anilines is 1. The summed E-state index contributed by atoms with van der Waals surface area (Å²) < 4.78 is 44.3. The molecule has 0 saturated heterocycles. The van der Waals surface area contributed by atoms with Crippen molar-refractivity contribution >= 4 is 21.6 Å². The monoisotopic (exact) mass is 498 g/mol. The number of nitrogens with one attached hydrogen (secondary N) is 1. The molecule has 3 aromatic carbocycles. The van der Waals surface area contributed by atoms with Crippen LogP contribution in [0.15, 0.2) is 71.6 Å². The number of amides is 1. The fraction of sp³-hybridized carbons (Fsp3) is 0.269. The summed E-state index contributed by atoms with van der Waals surface area (Å²) in [4.78, 5) is 12.8. The first-order valence-electron chi connectivity index (χ1n) is 11.0. The van der Waals surface area contributed by atoms with Crippen LogP contribution in [0.25, 0.3) is 0 Å². The Balaban J connectivity index is 1.75. The van der Waals surface area contributed by atoms with Gasteiger partial charge >= 0.3 is 0 Å². The highest BCUT2D eigenvalue weighted by Gasteiger charge is 2.29. The largest absolute Gasteiger partial charge is 0.497 e. The first-order valence-corrected chi connectivity index (χ1v) is 12.5. The number of hydrogen-bond donors (Lipinski definition) is 1. The lowest BCUT2D eigenvalue weighted by Gasteiger charge is -2.25. The maximum atomic E-state index is 13.5. The van der Waals surface area contributed by atoms with Crippen LogP contribution in [0.2, 0.25) is 0 Å². The molecule has 35 heavy (non-hydrogen) atoms. The third-order valence-corrected chi connectivity index (χ3v) is 6.95. The van der Waals surface area contributed by atoms with Crippen LogP contribution in [0.5, 0.6) is 17.2 Å². The molecule has 3 rings (SSSR count). The van der Waals surface area contributed by atoms with Crippen molar-refractivity contribution in [2.75, 3.05) is 38.2 Å². The fourth-order valence-electron chi connectivity index (χ4n) is 3.57. The van der Waals surface area contributed by atoms with E-state index >= 15 is 0 Å². The lowest BCUT2D eigenvalue weighted by atomic mass is 10.1. The maximum Gasteiger partial charge on any atom is 0.264 e. The molecule has 8 nitrogen and oxygen atoms in total. The van der Waals surface area contributed by atoms with Crippen molar-refractivity contribution in [2.45, 2.75) is 18.7 Å². The quantitative estimate of drug-likeness (QED) is 0.405. The van der Waals surface area contributed by atoms with Crippen LogP contribution in [-0.4, -0.2) is 48.2 Å². The molecule has 0 bridgehead atoms. The molecule has 0 aliphatic carbocycles. The molecule has 3 aromatic rings. The number of aryl methyl sites for hydroxylation is 2. The molecular formula is C26H30N2O6S. The highest BCUT2D eigenvalue weighted by atomic mass is 32.2. The Labute approximate surface area is 206 Å². The molecular weight excluding hydrogens is 468 g/mol. The number of ether oxygens (including phenoxy) is 3. The summed E-state index contributed by atoms with van der Waals surface area (Å²) in [5.74, 6) is 1.09.